The molecule has 1 aliphatic rings. The summed E-state index contributed by atoms with van der Waals surface area (Å²) >= 11 is 7.70. The number of likely N-dealkylation sites (tertiary alicyclic amines) is 1. The molecule has 3 aromatic rings. The van der Waals surface area contributed by atoms with Gasteiger partial charge in [0.2, 0.25) is 10.8 Å². The largest absolute Gasteiger partial charge is 0.492 e. The Morgan fingerprint density at radius 2 is 2.17 bits per heavy atom. The molecule has 1 aliphatic heterocycles. The van der Waals surface area contributed by atoms with Gasteiger partial charge in [-0.2, -0.15) is 4.52 Å². The number of aryl methyl sites for hydroxylation is 1. The number of ether oxygens (including phenoxy) is 1. The molecule has 3 heterocycles. The molecule has 9 heteroatoms. The lowest BCUT2D eigenvalue weighted by Gasteiger charge is -2.36. The van der Waals surface area contributed by atoms with Crippen molar-refractivity contribution in [3.05, 3.63) is 45.6 Å². The molecule has 29 heavy (non-hydrogen) atoms. The predicted molar refractivity (Wildman–Crippen MR) is 112 cm³/mol. The Morgan fingerprint density at radius 1 is 1.41 bits per heavy atom. The minimum atomic E-state index is -0.189. The molecule has 154 valence electrons. The highest BCUT2D eigenvalue weighted by Crippen LogP contribution is 2.41. The van der Waals surface area contributed by atoms with Crippen LogP contribution in [0.2, 0.25) is 5.02 Å². The maximum absolute atomic E-state index is 11.9. The Kier molecular flexibility index (Phi) is 5.76. The van der Waals surface area contributed by atoms with Crippen LogP contribution in [-0.2, 0) is 16.0 Å². The van der Waals surface area contributed by atoms with Gasteiger partial charge in [0.1, 0.15) is 0 Å². The summed E-state index contributed by atoms with van der Waals surface area (Å²) < 4.78 is 6.42. The standard InChI is InChI=1S/C20H23ClN4O3S/c1-3-15-22-20-25(23-15)18(26)17(29-20)16(13-5-4-6-14(21)11-13)24-9-7-12(8-10-24)19(27)28-2/h4-6,11-12,16,26H,3,7-10H2,1-2H3. The van der Waals surface area contributed by atoms with Crippen molar-refractivity contribution < 1.29 is 14.6 Å². The molecule has 0 bridgehead atoms. The van der Waals surface area contributed by atoms with Crippen molar-refractivity contribution in [3.8, 4) is 5.88 Å². The summed E-state index contributed by atoms with van der Waals surface area (Å²) in [5.74, 6) is 0.575. The smallest absolute Gasteiger partial charge is 0.308 e. The van der Waals surface area contributed by atoms with Gasteiger partial charge in [-0.3, -0.25) is 9.69 Å². The van der Waals surface area contributed by atoms with Gasteiger partial charge in [-0.1, -0.05) is 42.0 Å². The molecule has 1 saturated heterocycles. The number of thiazole rings is 1. The molecule has 4 rings (SSSR count). The van der Waals surface area contributed by atoms with E-state index in [1.807, 2.05) is 31.2 Å². The summed E-state index contributed by atoms with van der Waals surface area (Å²) in [4.78, 5) is 20.1. The van der Waals surface area contributed by atoms with Crippen LogP contribution in [0.5, 0.6) is 5.88 Å². The molecule has 0 spiro atoms. The Labute approximate surface area is 177 Å². The monoisotopic (exact) mass is 434 g/mol. The average molecular weight is 435 g/mol. The molecule has 0 radical (unpaired) electrons. The Morgan fingerprint density at radius 3 is 2.79 bits per heavy atom. The fourth-order valence-electron chi connectivity index (χ4n) is 3.88. The number of benzene rings is 1. The normalized spacial score (nSPS) is 16.9. The third kappa shape index (κ3) is 3.84. The Hall–Kier alpha value is -2.16. The lowest BCUT2D eigenvalue weighted by atomic mass is 9.94. The van der Waals surface area contributed by atoms with E-state index >= 15 is 0 Å². The van der Waals surface area contributed by atoms with Crippen molar-refractivity contribution in [1.29, 1.82) is 0 Å². The van der Waals surface area contributed by atoms with E-state index in [4.69, 9.17) is 16.3 Å². The average Bonchev–Trinajstić information content (AvgIpc) is 3.27. The zero-order valence-electron chi connectivity index (χ0n) is 16.3. The number of esters is 1. The first-order valence-corrected chi connectivity index (χ1v) is 10.9. The molecule has 1 N–H and O–H groups in total. The quantitative estimate of drug-likeness (QED) is 0.617. The number of aromatic hydroxyl groups is 1. The molecule has 0 saturated carbocycles. The van der Waals surface area contributed by atoms with Crippen molar-refractivity contribution in [2.75, 3.05) is 20.2 Å². The van der Waals surface area contributed by atoms with Crippen molar-refractivity contribution >= 4 is 33.9 Å². The van der Waals surface area contributed by atoms with Gasteiger partial charge in [0, 0.05) is 11.4 Å². The Balaban J connectivity index is 1.71. The number of halogens is 1. The Bertz CT molecular complexity index is 1030. The summed E-state index contributed by atoms with van der Waals surface area (Å²) in [6.45, 7) is 3.41. The lowest BCUT2D eigenvalue weighted by molar-refractivity contribution is -0.147. The summed E-state index contributed by atoms with van der Waals surface area (Å²) in [6, 6.07) is 7.49. The van der Waals surface area contributed by atoms with Gasteiger partial charge in [0.15, 0.2) is 5.82 Å². The first kappa shape index (κ1) is 20.1. The maximum atomic E-state index is 11.9. The SMILES string of the molecule is CCc1nc2sc(C(c3cccc(Cl)c3)N3CCC(C(=O)OC)CC3)c(O)n2n1. The number of piperidine rings is 1. The topological polar surface area (TPSA) is 80.0 Å². The van der Waals surface area contributed by atoms with Crippen LogP contribution in [0, 0.1) is 5.92 Å². The second kappa shape index (κ2) is 8.30. The minimum absolute atomic E-state index is 0.0840. The van der Waals surface area contributed by atoms with Gasteiger partial charge >= 0.3 is 5.97 Å². The van der Waals surface area contributed by atoms with Crippen LogP contribution >= 0.6 is 22.9 Å². The van der Waals surface area contributed by atoms with Crippen molar-refractivity contribution in [2.45, 2.75) is 32.2 Å². The number of hydrogen-bond acceptors (Lipinski definition) is 7. The van der Waals surface area contributed by atoms with E-state index in [0.29, 0.717) is 48.2 Å². The van der Waals surface area contributed by atoms with E-state index in [2.05, 4.69) is 15.0 Å². The second-order valence-corrected chi connectivity index (χ2v) is 8.60. The maximum Gasteiger partial charge on any atom is 0.308 e. The van der Waals surface area contributed by atoms with E-state index in [-0.39, 0.29) is 23.8 Å². The fraction of sp³-hybridized carbons (Fsp3) is 0.450. The van der Waals surface area contributed by atoms with E-state index in [1.54, 1.807) is 0 Å². The molecule has 0 aliphatic carbocycles. The molecule has 0 amide bonds. The second-order valence-electron chi connectivity index (χ2n) is 7.16. The highest BCUT2D eigenvalue weighted by atomic mass is 35.5. The van der Waals surface area contributed by atoms with E-state index in [1.165, 1.54) is 23.0 Å². The number of methoxy groups -OCH3 is 1. The summed E-state index contributed by atoms with van der Waals surface area (Å²) in [5.41, 5.74) is 0.990. The molecule has 2 aromatic heterocycles. The number of fused-ring (bicyclic) bond motifs is 1. The molecule has 1 atom stereocenters. The van der Waals surface area contributed by atoms with Crippen LogP contribution in [-0.4, -0.2) is 50.8 Å². The highest BCUT2D eigenvalue weighted by Gasteiger charge is 2.34. The van der Waals surface area contributed by atoms with E-state index in [9.17, 15) is 9.90 Å². The summed E-state index contributed by atoms with van der Waals surface area (Å²) in [5, 5.41) is 16.0. The fourth-order valence-corrected chi connectivity index (χ4v) is 5.22. The van der Waals surface area contributed by atoms with Crippen molar-refractivity contribution in [2.24, 2.45) is 5.92 Å². The molecule has 7 nitrogen and oxygen atoms in total. The van der Waals surface area contributed by atoms with Gasteiger partial charge in [-0.15, -0.1) is 5.10 Å². The van der Waals surface area contributed by atoms with Gasteiger partial charge in [-0.05, 0) is 43.6 Å². The lowest BCUT2D eigenvalue weighted by Crippen LogP contribution is -2.39. The van der Waals surface area contributed by atoms with Gasteiger partial charge in [0.05, 0.1) is 23.9 Å². The number of carbonyl (C=O) groups excluding carboxylic acids is 1. The number of carbonyl (C=O) groups is 1. The minimum Gasteiger partial charge on any atom is -0.492 e. The van der Waals surface area contributed by atoms with Crippen molar-refractivity contribution in [1.82, 2.24) is 19.5 Å². The van der Waals surface area contributed by atoms with Crippen LogP contribution in [0.1, 0.15) is 42.1 Å². The molecule has 1 aromatic carbocycles. The molecular weight excluding hydrogens is 412 g/mol. The highest BCUT2D eigenvalue weighted by molar-refractivity contribution is 7.17. The first-order chi connectivity index (χ1) is 14.0. The zero-order valence-corrected chi connectivity index (χ0v) is 17.9. The van der Waals surface area contributed by atoms with Crippen LogP contribution in [0.3, 0.4) is 0 Å². The molecule has 1 unspecified atom stereocenters. The third-order valence-electron chi connectivity index (χ3n) is 5.40. The predicted octanol–water partition coefficient (Wildman–Crippen LogP) is 3.69. The number of nitrogens with zero attached hydrogens (tertiary/aromatic N) is 4. The molecule has 1 fully saturated rings. The van der Waals surface area contributed by atoms with E-state index in [0.717, 1.165) is 10.4 Å². The molecular formula is C20H23ClN4O3S. The van der Waals surface area contributed by atoms with Crippen LogP contribution < -0.4 is 0 Å². The van der Waals surface area contributed by atoms with E-state index < -0.39 is 0 Å². The third-order valence-corrected chi connectivity index (χ3v) is 6.71. The van der Waals surface area contributed by atoms with Gasteiger partial charge in [-0.25, -0.2) is 4.98 Å². The van der Waals surface area contributed by atoms with Crippen LogP contribution in [0.15, 0.2) is 24.3 Å². The first-order valence-electron chi connectivity index (χ1n) is 9.66. The zero-order chi connectivity index (χ0) is 20.5. The van der Waals surface area contributed by atoms with Crippen molar-refractivity contribution in [3.63, 3.8) is 0 Å². The van der Waals surface area contributed by atoms with Crippen LogP contribution in [0.4, 0.5) is 0 Å². The van der Waals surface area contributed by atoms with Crippen LogP contribution in [0.25, 0.3) is 4.96 Å². The number of hydrogen-bond donors (Lipinski definition) is 1. The summed E-state index contributed by atoms with van der Waals surface area (Å²) in [7, 11) is 1.43. The number of aromatic nitrogens is 3. The van der Waals surface area contributed by atoms with Gasteiger partial charge in [0.25, 0.3) is 0 Å². The summed E-state index contributed by atoms with van der Waals surface area (Å²) in [6.07, 6.45) is 2.14. The van der Waals surface area contributed by atoms with Gasteiger partial charge < -0.3 is 9.84 Å². The number of rotatable bonds is 5.